The van der Waals surface area contributed by atoms with Crippen LogP contribution in [0.4, 0.5) is 16.2 Å². The molecule has 6 aliphatic rings. The number of nitrogens with one attached hydrogen (secondary N) is 2. The first kappa shape index (κ1) is 30.6. The van der Waals surface area contributed by atoms with Crippen molar-refractivity contribution in [1.29, 1.82) is 0 Å². The van der Waals surface area contributed by atoms with Crippen LogP contribution in [0.1, 0.15) is 45.4 Å². The number of phenolic OH excluding ortho intramolecular Hbond substituents is 2. The van der Waals surface area contributed by atoms with Crippen molar-refractivity contribution >= 4 is 62.5 Å². The highest BCUT2D eigenvalue weighted by Crippen LogP contribution is 2.70. The molecule has 2 aromatic heterocycles. The van der Waals surface area contributed by atoms with Gasteiger partial charge in [0.25, 0.3) is 11.8 Å². The number of hydrogen-bond acceptors (Lipinski definition) is 9. The first-order valence-electron chi connectivity index (χ1n) is 17.1. The quantitative estimate of drug-likeness (QED) is 0.212. The summed E-state index contributed by atoms with van der Waals surface area (Å²) in [5.41, 5.74) is 11.6. The largest absolute Gasteiger partial charge is 0.503 e. The summed E-state index contributed by atoms with van der Waals surface area (Å²) in [7, 11) is 2.79. The van der Waals surface area contributed by atoms with Gasteiger partial charge in [0.05, 0.1) is 43.2 Å². The Bertz CT molecular complexity index is 2540. The van der Waals surface area contributed by atoms with E-state index in [-0.39, 0.29) is 81.9 Å². The van der Waals surface area contributed by atoms with Gasteiger partial charge in [0.2, 0.25) is 0 Å². The minimum Gasteiger partial charge on any atom is -0.503 e. The molecule has 2 aromatic carbocycles. The van der Waals surface area contributed by atoms with Crippen LogP contribution in [-0.4, -0.2) is 94.8 Å². The highest BCUT2D eigenvalue weighted by Gasteiger charge is 2.69. The maximum atomic E-state index is 14.2. The number of amides is 4. The van der Waals surface area contributed by atoms with Gasteiger partial charge in [-0.05, 0) is 60.9 Å². The fraction of sp³-hybridized carbons (Fsp3) is 0.324. The van der Waals surface area contributed by atoms with E-state index in [1.54, 1.807) is 23.1 Å². The van der Waals surface area contributed by atoms with E-state index < -0.39 is 11.9 Å². The maximum absolute atomic E-state index is 14.2. The molecule has 2 aliphatic carbocycles. The summed E-state index contributed by atoms with van der Waals surface area (Å²) in [6.07, 6.45) is 3.29. The zero-order valence-corrected chi connectivity index (χ0v) is 28.5. The molecule has 4 amide bonds. The number of rotatable bonds is 4. The van der Waals surface area contributed by atoms with Gasteiger partial charge in [-0.1, -0.05) is 0 Å². The molecule has 1 spiro atoms. The third kappa shape index (κ3) is 3.57. The Hall–Kier alpha value is -6.25. The topological polar surface area (TPSA) is 207 Å². The van der Waals surface area contributed by atoms with Crippen molar-refractivity contribution in [3.05, 3.63) is 57.6 Å². The second-order valence-corrected chi connectivity index (χ2v) is 14.2. The summed E-state index contributed by atoms with van der Waals surface area (Å²) < 4.78 is 11.2. The number of ether oxygens (including phenoxy) is 2. The molecule has 10 rings (SSSR count). The van der Waals surface area contributed by atoms with E-state index in [0.717, 1.165) is 29.0 Å². The number of fused-ring (bicyclic) bond motifs is 6. The number of anilines is 2. The number of urea groups is 1. The van der Waals surface area contributed by atoms with Crippen molar-refractivity contribution in [3.8, 4) is 23.0 Å². The number of ketones is 1. The molecule has 6 heterocycles. The number of benzene rings is 2. The van der Waals surface area contributed by atoms with Gasteiger partial charge in [-0.2, -0.15) is 0 Å². The van der Waals surface area contributed by atoms with Crippen molar-refractivity contribution in [2.75, 3.05) is 50.2 Å². The zero-order chi connectivity index (χ0) is 36.1. The number of aromatic hydroxyl groups is 2. The van der Waals surface area contributed by atoms with Crippen LogP contribution in [0, 0.1) is 11.3 Å². The lowest BCUT2D eigenvalue weighted by Gasteiger charge is -2.29. The summed E-state index contributed by atoms with van der Waals surface area (Å²) in [6, 6.07) is 2.66. The van der Waals surface area contributed by atoms with Gasteiger partial charge in [-0.25, -0.2) is 4.79 Å². The van der Waals surface area contributed by atoms with Gasteiger partial charge in [0.15, 0.2) is 28.8 Å². The molecule has 52 heavy (non-hydrogen) atoms. The van der Waals surface area contributed by atoms with Crippen LogP contribution in [-0.2, 0) is 17.6 Å². The van der Waals surface area contributed by atoms with E-state index in [2.05, 4.69) is 15.0 Å². The Kier molecular flexibility index (Phi) is 5.85. The lowest BCUT2D eigenvalue weighted by Crippen LogP contribution is -2.34. The van der Waals surface area contributed by atoms with Crippen molar-refractivity contribution in [2.24, 2.45) is 22.1 Å². The van der Waals surface area contributed by atoms with Gasteiger partial charge < -0.3 is 45.2 Å². The third-order valence-electron chi connectivity index (χ3n) is 11.9. The van der Waals surface area contributed by atoms with Crippen molar-refractivity contribution < 1.29 is 38.9 Å². The molecule has 2 atom stereocenters. The van der Waals surface area contributed by atoms with Crippen molar-refractivity contribution in [1.82, 2.24) is 14.9 Å². The van der Waals surface area contributed by atoms with Gasteiger partial charge in [-0.15, -0.1) is 0 Å². The molecule has 15 heteroatoms. The Balaban J connectivity index is 1.03. The van der Waals surface area contributed by atoms with Crippen LogP contribution in [0.3, 0.4) is 0 Å². The minimum atomic E-state index is -0.714. The van der Waals surface area contributed by atoms with E-state index in [1.165, 1.54) is 24.0 Å². The summed E-state index contributed by atoms with van der Waals surface area (Å²) in [5.74, 6) is -0.989. The standard InChI is InChI=1S/C37H33N7O8/c1-14-25-20(12-39-14)23(45)10-24-37(25)11-15(37)13-44(24)35(49)22-9-18-16-4-6-42(28(16)30(46)32(51-2)26(18)41-22)34(48)21-8-19-17-5-7-43(36(38)50)29(17)31(47)33(52-3)27(19)40-21/h8-10,15,40-41,46-47H,4-7,11-13H2,1-3H3,(H2,38,50)/t15-,37?/m1/s1. The predicted molar refractivity (Wildman–Crippen MR) is 189 cm³/mol. The summed E-state index contributed by atoms with van der Waals surface area (Å²) in [6.45, 7) is 3.30. The second-order valence-electron chi connectivity index (χ2n) is 14.2. The van der Waals surface area contributed by atoms with E-state index in [0.29, 0.717) is 58.9 Å². The smallest absolute Gasteiger partial charge is 0.319 e. The van der Waals surface area contributed by atoms with Gasteiger partial charge in [-0.3, -0.25) is 24.3 Å². The molecule has 6 N–H and O–H groups in total. The number of nitrogens with two attached hydrogens (primary N) is 1. The molecule has 0 radical (unpaired) electrons. The number of aromatic amines is 2. The van der Waals surface area contributed by atoms with E-state index in [1.807, 2.05) is 6.92 Å². The zero-order valence-electron chi connectivity index (χ0n) is 28.5. The lowest BCUT2D eigenvalue weighted by molar-refractivity contribution is -0.111. The number of allylic oxidation sites excluding steroid dienone is 2. The maximum Gasteiger partial charge on any atom is 0.319 e. The number of methoxy groups -OCH3 is 2. The van der Waals surface area contributed by atoms with Crippen molar-refractivity contribution in [2.45, 2.75) is 26.2 Å². The second kappa shape index (κ2) is 9.96. The Morgan fingerprint density at radius 3 is 2.04 bits per heavy atom. The van der Waals surface area contributed by atoms with Crippen molar-refractivity contribution in [3.63, 3.8) is 0 Å². The number of aliphatic imine (C=N–C) groups is 1. The molecule has 1 unspecified atom stereocenters. The third-order valence-corrected chi connectivity index (χ3v) is 11.9. The van der Waals surface area contributed by atoms with Crippen LogP contribution in [0.5, 0.6) is 23.0 Å². The fourth-order valence-electron chi connectivity index (χ4n) is 9.67. The fourth-order valence-corrected chi connectivity index (χ4v) is 9.67. The van der Waals surface area contributed by atoms with E-state index in [9.17, 15) is 29.4 Å². The number of phenols is 2. The molecule has 264 valence electrons. The summed E-state index contributed by atoms with van der Waals surface area (Å²) in [4.78, 5) is 69.0. The Labute approximate surface area is 294 Å². The summed E-state index contributed by atoms with van der Waals surface area (Å²) >= 11 is 0. The monoisotopic (exact) mass is 703 g/mol. The van der Waals surface area contributed by atoms with Crippen LogP contribution in [0.25, 0.3) is 21.8 Å². The number of carbonyl (C=O) groups is 4. The Morgan fingerprint density at radius 1 is 0.904 bits per heavy atom. The summed E-state index contributed by atoms with van der Waals surface area (Å²) in [5, 5.41) is 23.9. The first-order chi connectivity index (χ1) is 25.0. The SMILES string of the molecule is COc1c(O)c2c(c3cc(C(=O)N4CCc5c4c(O)c(OC)c4[nH]c(C(=O)N6C[C@H]7CC78C6=CC(=O)C6=C8C(C)=NC6)cc54)[nH]c13)CCN2C(N)=O. The molecule has 0 bridgehead atoms. The van der Waals surface area contributed by atoms with Crippen LogP contribution in [0.2, 0.25) is 0 Å². The average Bonchev–Trinajstić information content (AvgIpc) is 3.85. The number of likely N-dealkylation sites (tertiary alicyclic amines) is 1. The molecule has 4 aromatic rings. The number of H-pyrrole nitrogens is 2. The number of aromatic nitrogens is 2. The molecular weight excluding hydrogens is 670 g/mol. The molecule has 4 aliphatic heterocycles. The highest BCUT2D eigenvalue weighted by molar-refractivity contribution is 6.19. The molecule has 2 fully saturated rings. The number of carbonyl (C=O) groups excluding carboxylic acids is 4. The molecular formula is C37H33N7O8. The van der Waals surface area contributed by atoms with Gasteiger partial charge >= 0.3 is 6.03 Å². The minimum absolute atomic E-state index is 0.0665. The van der Waals surface area contributed by atoms with Crippen LogP contribution < -0.4 is 25.0 Å². The van der Waals surface area contributed by atoms with E-state index >= 15 is 0 Å². The lowest BCUT2D eigenvalue weighted by atomic mass is 9.80. The molecule has 1 saturated carbocycles. The number of nitrogens with zero attached hydrogens (tertiary/aromatic N) is 4. The highest BCUT2D eigenvalue weighted by atomic mass is 16.5. The average molecular weight is 704 g/mol. The van der Waals surface area contributed by atoms with Gasteiger partial charge in [0.1, 0.15) is 11.4 Å². The predicted octanol–water partition coefficient (Wildman–Crippen LogP) is 3.42. The van der Waals surface area contributed by atoms with Crippen LogP contribution in [0.15, 0.2) is 40.0 Å². The van der Waals surface area contributed by atoms with E-state index in [4.69, 9.17) is 15.2 Å². The number of primary amides is 1. The Morgan fingerprint density at radius 2 is 1.46 bits per heavy atom. The van der Waals surface area contributed by atoms with Gasteiger partial charge in [0, 0.05) is 58.9 Å². The van der Waals surface area contributed by atoms with Crippen LogP contribution >= 0.6 is 0 Å². The first-order valence-corrected chi connectivity index (χ1v) is 17.1. The number of hydrogen-bond donors (Lipinski definition) is 5. The normalized spacial score (nSPS) is 22.4. The molecule has 15 nitrogen and oxygen atoms in total. The molecule has 1 saturated heterocycles. The number of piperidine rings is 1.